The van der Waals surface area contributed by atoms with Gasteiger partial charge in [0.05, 0.1) is 11.9 Å². The van der Waals surface area contributed by atoms with Crippen LogP contribution in [-0.4, -0.2) is 35.4 Å². The number of aryl methyl sites for hydroxylation is 2. The molecule has 0 saturated carbocycles. The summed E-state index contributed by atoms with van der Waals surface area (Å²) in [4.78, 5) is 0. The number of aromatic amines is 1. The van der Waals surface area contributed by atoms with Crippen LogP contribution in [0.4, 0.5) is 0 Å². The third-order valence-corrected chi connectivity index (χ3v) is 4.10. The van der Waals surface area contributed by atoms with Crippen molar-refractivity contribution in [3.05, 3.63) is 45.2 Å². The number of aromatic nitrogens is 6. The molecule has 0 aromatic carbocycles. The zero-order chi connectivity index (χ0) is 17.4. The maximum atomic E-state index is 9.11. The molecule has 0 aliphatic carbocycles. The van der Waals surface area contributed by atoms with Crippen molar-refractivity contribution in [1.29, 1.82) is 5.26 Å². The van der Waals surface area contributed by atoms with Gasteiger partial charge in [0.1, 0.15) is 11.8 Å². The van der Waals surface area contributed by atoms with Crippen LogP contribution in [0.3, 0.4) is 0 Å². The molecular weight excluding hydrogens is 324 g/mol. The van der Waals surface area contributed by atoms with E-state index in [1.165, 1.54) is 4.68 Å². The quantitative estimate of drug-likeness (QED) is 0.584. The Labute approximate surface area is 143 Å². The number of hydrogen-bond donors (Lipinski definition) is 1. The second kappa shape index (κ2) is 5.90. The topological polar surface area (TPSA) is 92.5 Å². The molecule has 8 nitrogen and oxygen atoms in total. The van der Waals surface area contributed by atoms with E-state index in [4.69, 9.17) is 17.5 Å². The summed E-state index contributed by atoms with van der Waals surface area (Å²) in [5.74, 6) is 0.482. The van der Waals surface area contributed by atoms with Gasteiger partial charge in [0.15, 0.2) is 0 Å². The second-order valence-corrected chi connectivity index (χ2v) is 5.85. The van der Waals surface area contributed by atoms with Crippen LogP contribution in [0.1, 0.15) is 28.3 Å². The van der Waals surface area contributed by atoms with Crippen LogP contribution in [0, 0.1) is 36.9 Å². The molecule has 3 heterocycles. The fourth-order valence-corrected chi connectivity index (χ4v) is 2.61. The fraction of sp³-hybridized carbons (Fsp3) is 0.267. The van der Waals surface area contributed by atoms with Crippen molar-refractivity contribution in [3.8, 4) is 12.0 Å². The van der Waals surface area contributed by atoms with Crippen LogP contribution in [0.15, 0.2) is 17.2 Å². The predicted octanol–water partition coefficient (Wildman–Crippen LogP) is 2.14. The van der Waals surface area contributed by atoms with Crippen molar-refractivity contribution in [1.82, 2.24) is 29.2 Å². The Hall–Kier alpha value is -2.99. The molecule has 0 bridgehead atoms. The monoisotopic (exact) mass is 340 g/mol. The highest BCUT2D eigenvalue weighted by Crippen LogP contribution is 2.13. The molecule has 0 aliphatic rings. The summed E-state index contributed by atoms with van der Waals surface area (Å²) in [6.07, 6.45) is 1.66. The van der Waals surface area contributed by atoms with Crippen LogP contribution >= 0.6 is 12.2 Å². The molecule has 0 atom stereocenters. The summed E-state index contributed by atoms with van der Waals surface area (Å²) < 4.78 is 5.37. The van der Waals surface area contributed by atoms with Gasteiger partial charge in [-0.3, -0.25) is 0 Å². The molecule has 3 aromatic rings. The van der Waals surface area contributed by atoms with Gasteiger partial charge in [-0.1, -0.05) is 0 Å². The molecule has 122 valence electrons. The minimum Gasteiger partial charge on any atom is -0.339 e. The molecule has 9 heteroatoms. The molecule has 0 aliphatic heterocycles. The number of nitrogens with one attached hydrogen (secondary N) is 1. The number of rotatable bonds is 3. The van der Waals surface area contributed by atoms with E-state index in [9.17, 15) is 0 Å². The summed E-state index contributed by atoms with van der Waals surface area (Å²) in [6.45, 7) is 5.78. The predicted molar refractivity (Wildman–Crippen MR) is 91.9 cm³/mol. The Bertz CT molecular complexity index is 1040. The molecule has 0 radical (unpaired) electrons. The van der Waals surface area contributed by atoms with E-state index in [0.717, 1.165) is 22.6 Å². The molecule has 0 unspecified atom stereocenters. The highest BCUT2D eigenvalue weighted by molar-refractivity contribution is 7.71. The van der Waals surface area contributed by atoms with Gasteiger partial charge in [-0.25, -0.2) is 9.78 Å². The molecule has 0 saturated heterocycles. The van der Waals surface area contributed by atoms with Gasteiger partial charge in [-0.05, 0) is 45.1 Å². The number of nitriles is 1. The summed E-state index contributed by atoms with van der Waals surface area (Å²) in [5, 5.41) is 24.9. The molecule has 3 rings (SSSR count). The lowest BCUT2D eigenvalue weighted by Crippen LogP contribution is -2.07. The fourth-order valence-electron chi connectivity index (χ4n) is 2.44. The van der Waals surface area contributed by atoms with Gasteiger partial charge in [-0.2, -0.15) is 20.1 Å². The Morgan fingerprint density at radius 3 is 2.67 bits per heavy atom. The first-order chi connectivity index (χ1) is 11.4. The average Bonchev–Trinajstić information content (AvgIpc) is 3.16. The van der Waals surface area contributed by atoms with E-state index < -0.39 is 0 Å². The highest BCUT2D eigenvalue weighted by Gasteiger charge is 2.12. The first-order valence-electron chi connectivity index (χ1n) is 7.24. The van der Waals surface area contributed by atoms with Gasteiger partial charge < -0.3 is 4.57 Å². The molecule has 1 N–H and O–H groups in total. The van der Waals surface area contributed by atoms with Crippen molar-refractivity contribution < 1.29 is 0 Å². The Balaban J connectivity index is 2.06. The smallest absolute Gasteiger partial charge is 0.271 e. The highest BCUT2D eigenvalue weighted by atomic mass is 32.1. The van der Waals surface area contributed by atoms with Crippen molar-refractivity contribution in [3.63, 3.8) is 0 Å². The van der Waals surface area contributed by atoms with E-state index in [0.29, 0.717) is 16.4 Å². The van der Waals surface area contributed by atoms with Gasteiger partial charge in [0.25, 0.3) is 5.95 Å². The van der Waals surface area contributed by atoms with Gasteiger partial charge in [0, 0.05) is 24.0 Å². The van der Waals surface area contributed by atoms with E-state index in [1.807, 2.05) is 38.5 Å². The molecular formula is C15H16N8S. The van der Waals surface area contributed by atoms with Gasteiger partial charge in [0.2, 0.25) is 4.77 Å². The second-order valence-electron chi connectivity index (χ2n) is 5.47. The largest absolute Gasteiger partial charge is 0.339 e. The van der Waals surface area contributed by atoms with E-state index in [1.54, 1.807) is 17.0 Å². The maximum Gasteiger partial charge on any atom is 0.271 e. The summed E-state index contributed by atoms with van der Waals surface area (Å²) in [7, 11) is 1.84. The number of hydrogen-bond acceptors (Lipinski definition) is 5. The lowest BCUT2D eigenvalue weighted by molar-refractivity contribution is 0.714. The third-order valence-electron chi connectivity index (χ3n) is 3.83. The van der Waals surface area contributed by atoms with Gasteiger partial charge in [-0.15, -0.1) is 5.10 Å². The molecule has 24 heavy (non-hydrogen) atoms. The zero-order valence-corrected chi connectivity index (χ0v) is 14.6. The zero-order valence-electron chi connectivity index (χ0n) is 13.8. The normalized spacial score (nSPS) is 11.3. The Kier molecular flexibility index (Phi) is 3.91. The average molecular weight is 340 g/mol. The van der Waals surface area contributed by atoms with E-state index in [-0.39, 0.29) is 0 Å². The Morgan fingerprint density at radius 2 is 2.08 bits per heavy atom. The van der Waals surface area contributed by atoms with E-state index >= 15 is 0 Å². The summed E-state index contributed by atoms with van der Waals surface area (Å²) >= 11 is 5.26. The SMILES string of the molecule is Cc1cc(C)n(-c2n[nH]c(=S)n2/N=C\c2cc(C#N)n(C)c2C)n1. The molecule has 0 fully saturated rings. The minimum atomic E-state index is 0.364. The molecule has 0 spiro atoms. The lowest BCUT2D eigenvalue weighted by atomic mass is 10.3. The van der Waals surface area contributed by atoms with Crippen molar-refractivity contribution in [2.24, 2.45) is 12.1 Å². The van der Waals surface area contributed by atoms with E-state index in [2.05, 4.69) is 26.5 Å². The standard InChI is InChI=1S/C15H16N8S/c1-9-5-10(2)22(20-9)14-18-19-15(24)23(14)17-8-12-6-13(7-16)21(4)11(12)3/h5-6,8H,1-4H3,(H,19,24)/b17-8-. The van der Waals surface area contributed by atoms with Crippen molar-refractivity contribution >= 4 is 18.4 Å². The minimum absolute atomic E-state index is 0.364. The maximum absolute atomic E-state index is 9.11. The van der Waals surface area contributed by atoms with Crippen LogP contribution in [-0.2, 0) is 7.05 Å². The summed E-state index contributed by atoms with van der Waals surface area (Å²) in [5.41, 5.74) is 4.17. The van der Waals surface area contributed by atoms with Gasteiger partial charge >= 0.3 is 0 Å². The lowest BCUT2D eigenvalue weighted by Gasteiger charge is -2.02. The Morgan fingerprint density at radius 1 is 1.33 bits per heavy atom. The first-order valence-corrected chi connectivity index (χ1v) is 7.65. The van der Waals surface area contributed by atoms with Crippen LogP contribution in [0.5, 0.6) is 0 Å². The first kappa shape index (κ1) is 15.9. The van der Waals surface area contributed by atoms with Crippen LogP contribution in [0.25, 0.3) is 5.95 Å². The van der Waals surface area contributed by atoms with Crippen molar-refractivity contribution in [2.75, 3.05) is 0 Å². The summed E-state index contributed by atoms with van der Waals surface area (Å²) in [6, 6.07) is 5.88. The number of H-pyrrole nitrogens is 1. The third kappa shape index (κ3) is 2.57. The van der Waals surface area contributed by atoms with Crippen LogP contribution in [0.2, 0.25) is 0 Å². The molecule has 3 aromatic heterocycles. The molecule has 0 amide bonds. The van der Waals surface area contributed by atoms with Crippen LogP contribution < -0.4 is 0 Å². The van der Waals surface area contributed by atoms with Crippen molar-refractivity contribution in [2.45, 2.75) is 20.8 Å². The number of nitrogens with zero attached hydrogens (tertiary/aromatic N) is 7.